The molecule has 1 amide bonds. The molecule has 3 rings (SSSR count). The minimum absolute atomic E-state index is 0.0393. The van der Waals surface area contributed by atoms with Gasteiger partial charge in [-0.2, -0.15) is 5.26 Å². The van der Waals surface area contributed by atoms with Crippen molar-refractivity contribution in [1.29, 1.82) is 5.26 Å². The largest absolute Gasteiger partial charge is 0.325 e. The summed E-state index contributed by atoms with van der Waals surface area (Å²) in [6, 6.07) is 17.9. The molecule has 6 heteroatoms. The lowest BCUT2D eigenvalue weighted by molar-refractivity contribution is -0.117. The van der Waals surface area contributed by atoms with E-state index in [2.05, 4.69) is 21.2 Å². The normalized spacial score (nSPS) is 15.6. The van der Waals surface area contributed by atoms with E-state index in [1.165, 1.54) is 10.5 Å². The lowest BCUT2D eigenvalue weighted by Gasteiger charge is -2.21. The van der Waals surface area contributed by atoms with Gasteiger partial charge in [-0.3, -0.25) is 14.6 Å². The number of hydrogen-bond donors (Lipinski definition) is 1. The molecule has 1 heterocycles. The quantitative estimate of drug-likeness (QED) is 0.761. The molecule has 2 aromatic rings. The maximum atomic E-state index is 12.4. The predicted octanol–water partition coefficient (Wildman–Crippen LogP) is 3.43. The SMILES string of the molecule is CSc1ccc(NC(=O)CN2CCCN(Cc3ccc(C#N)cc3)CC2)cc1. The molecule has 146 valence electrons. The summed E-state index contributed by atoms with van der Waals surface area (Å²) in [6.07, 6.45) is 3.09. The maximum absolute atomic E-state index is 12.4. The molecule has 1 aliphatic rings. The Morgan fingerprint density at radius 2 is 1.71 bits per heavy atom. The molecule has 0 unspecified atom stereocenters. The van der Waals surface area contributed by atoms with Gasteiger partial charge in [0.15, 0.2) is 0 Å². The minimum Gasteiger partial charge on any atom is -0.325 e. The molecule has 0 radical (unpaired) electrons. The molecule has 0 saturated carbocycles. The second-order valence-electron chi connectivity index (χ2n) is 6.99. The highest BCUT2D eigenvalue weighted by Crippen LogP contribution is 2.17. The van der Waals surface area contributed by atoms with E-state index in [1.54, 1.807) is 11.8 Å². The summed E-state index contributed by atoms with van der Waals surface area (Å²) in [4.78, 5) is 18.2. The van der Waals surface area contributed by atoms with Crippen LogP contribution in [0.15, 0.2) is 53.4 Å². The van der Waals surface area contributed by atoms with Crippen LogP contribution in [0.2, 0.25) is 0 Å². The van der Waals surface area contributed by atoms with Crippen LogP contribution in [0.1, 0.15) is 17.5 Å². The Morgan fingerprint density at radius 3 is 2.39 bits per heavy atom. The molecule has 0 bridgehead atoms. The van der Waals surface area contributed by atoms with E-state index in [0.29, 0.717) is 12.1 Å². The highest BCUT2D eigenvalue weighted by atomic mass is 32.2. The number of nitrogens with one attached hydrogen (secondary N) is 1. The molecule has 0 spiro atoms. The number of anilines is 1. The summed E-state index contributed by atoms with van der Waals surface area (Å²) in [5.41, 5.74) is 2.76. The average molecular weight is 395 g/mol. The first-order valence-corrected chi connectivity index (χ1v) is 10.8. The number of nitriles is 1. The lowest BCUT2D eigenvalue weighted by atomic mass is 10.1. The van der Waals surface area contributed by atoms with Gasteiger partial charge in [0, 0.05) is 30.2 Å². The third-order valence-corrected chi connectivity index (χ3v) is 5.65. The van der Waals surface area contributed by atoms with Crippen molar-refractivity contribution in [3.05, 3.63) is 59.7 Å². The van der Waals surface area contributed by atoms with Gasteiger partial charge in [-0.15, -0.1) is 11.8 Å². The molecule has 1 aliphatic heterocycles. The third kappa shape index (κ3) is 6.10. The summed E-state index contributed by atoms with van der Waals surface area (Å²) in [7, 11) is 0. The van der Waals surface area contributed by atoms with Crippen molar-refractivity contribution < 1.29 is 4.79 Å². The summed E-state index contributed by atoms with van der Waals surface area (Å²) in [5, 5.41) is 11.9. The second kappa shape index (κ2) is 10.3. The molecular weight excluding hydrogens is 368 g/mol. The Balaban J connectivity index is 1.46. The van der Waals surface area contributed by atoms with E-state index in [-0.39, 0.29) is 5.91 Å². The van der Waals surface area contributed by atoms with Gasteiger partial charge in [-0.1, -0.05) is 12.1 Å². The van der Waals surface area contributed by atoms with Crippen LogP contribution in [0.3, 0.4) is 0 Å². The average Bonchev–Trinajstić information content (AvgIpc) is 2.94. The van der Waals surface area contributed by atoms with E-state index < -0.39 is 0 Å². The summed E-state index contributed by atoms with van der Waals surface area (Å²) in [5.74, 6) is 0.0393. The number of rotatable bonds is 6. The number of benzene rings is 2. The van der Waals surface area contributed by atoms with Gasteiger partial charge in [0.1, 0.15) is 0 Å². The zero-order valence-electron chi connectivity index (χ0n) is 16.2. The Bertz CT molecular complexity index is 814. The molecule has 2 aromatic carbocycles. The first kappa shape index (κ1) is 20.4. The Labute approximate surface area is 171 Å². The van der Waals surface area contributed by atoms with E-state index in [9.17, 15) is 4.79 Å². The Kier molecular flexibility index (Phi) is 7.49. The van der Waals surface area contributed by atoms with Crippen LogP contribution < -0.4 is 5.32 Å². The molecule has 1 N–H and O–H groups in total. The number of nitrogens with zero attached hydrogens (tertiary/aromatic N) is 3. The lowest BCUT2D eigenvalue weighted by Crippen LogP contribution is -2.36. The van der Waals surface area contributed by atoms with Crippen LogP contribution in [0.4, 0.5) is 5.69 Å². The van der Waals surface area contributed by atoms with E-state index >= 15 is 0 Å². The Morgan fingerprint density at radius 1 is 1.04 bits per heavy atom. The van der Waals surface area contributed by atoms with Gasteiger partial charge < -0.3 is 5.32 Å². The van der Waals surface area contributed by atoms with Crippen molar-refractivity contribution in [2.45, 2.75) is 17.9 Å². The van der Waals surface area contributed by atoms with Crippen LogP contribution in [0.25, 0.3) is 0 Å². The molecular formula is C22H26N4OS. The van der Waals surface area contributed by atoms with Crippen molar-refractivity contribution >= 4 is 23.4 Å². The fourth-order valence-corrected chi connectivity index (χ4v) is 3.77. The number of carbonyl (C=O) groups excluding carboxylic acids is 1. The van der Waals surface area contributed by atoms with Crippen LogP contribution in [0, 0.1) is 11.3 Å². The van der Waals surface area contributed by atoms with Crippen LogP contribution in [-0.4, -0.2) is 54.7 Å². The smallest absolute Gasteiger partial charge is 0.238 e. The Hall–Kier alpha value is -2.33. The van der Waals surface area contributed by atoms with Gasteiger partial charge in [0.2, 0.25) is 5.91 Å². The maximum Gasteiger partial charge on any atom is 0.238 e. The zero-order chi connectivity index (χ0) is 19.8. The molecule has 0 aliphatic carbocycles. The van der Waals surface area contributed by atoms with Crippen LogP contribution in [0.5, 0.6) is 0 Å². The third-order valence-electron chi connectivity index (χ3n) is 4.91. The van der Waals surface area contributed by atoms with Gasteiger partial charge in [0.25, 0.3) is 0 Å². The molecule has 1 saturated heterocycles. The fourth-order valence-electron chi connectivity index (χ4n) is 3.36. The molecule has 1 fully saturated rings. The predicted molar refractivity (Wildman–Crippen MR) is 114 cm³/mol. The van der Waals surface area contributed by atoms with Gasteiger partial charge in [-0.25, -0.2) is 0 Å². The number of thioether (sulfide) groups is 1. The zero-order valence-corrected chi connectivity index (χ0v) is 17.0. The standard InChI is InChI=1S/C22H26N4OS/c1-28-21-9-7-20(8-10-21)24-22(27)17-26-12-2-11-25(13-14-26)16-19-5-3-18(15-23)4-6-19/h3-10H,2,11-14,16-17H2,1H3,(H,24,27). The van der Waals surface area contributed by atoms with Crippen molar-refractivity contribution in [3.8, 4) is 6.07 Å². The van der Waals surface area contributed by atoms with Crippen LogP contribution >= 0.6 is 11.8 Å². The first-order chi connectivity index (χ1) is 13.7. The molecule has 0 atom stereocenters. The minimum atomic E-state index is 0.0393. The van der Waals surface area contributed by atoms with Crippen molar-refractivity contribution in [1.82, 2.24) is 9.80 Å². The highest BCUT2D eigenvalue weighted by molar-refractivity contribution is 7.98. The fraction of sp³-hybridized carbons (Fsp3) is 0.364. The van der Waals surface area contributed by atoms with Gasteiger partial charge in [-0.05, 0) is 67.7 Å². The first-order valence-electron chi connectivity index (χ1n) is 9.54. The summed E-state index contributed by atoms with van der Waals surface area (Å²) in [6.45, 7) is 5.09. The molecule has 5 nitrogen and oxygen atoms in total. The second-order valence-corrected chi connectivity index (χ2v) is 7.87. The summed E-state index contributed by atoms with van der Waals surface area (Å²) < 4.78 is 0. The summed E-state index contributed by atoms with van der Waals surface area (Å²) >= 11 is 1.69. The van der Waals surface area contributed by atoms with Crippen LogP contribution in [-0.2, 0) is 11.3 Å². The van der Waals surface area contributed by atoms with Crippen molar-refractivity contribution in [3.63, 3.8) is 0 Å². The van der Waals surface area contributed by atoms with E-state index in [0.717, 1.165) is 44.8 Å². The molecule has 28 heavy (non-hydrogen) atoms. The van der Waals surface area contributed by atoms with Gasteiger partial charge in [0.05, 0.1) is 18.2 Å². The van der Waals surface area contributed by atoms with Gasteiger partial charge >= 0.3 is 0 Å². The highest BCUT2D eigenvalue weighted by Gasteiger charge is 2.17. The van der Waals surface area contributed by atoms with Crippen molar-refractivity contribution in [2.75, 3.05) is 44.3 Å². The number of amides is 1. The van der Waals surface area contributed by atoms with Crippen molar-refractivity contribution in [2.24, 2.45) is 0 Å². The molecule has 0 aromatic heterocycles. The van der Waals surface area contributed by atoms with E-state index in [4.69, 9.17) is 5.26 Å². The number of hydrogen-bond acceptors (Lipinski definition) is 5. The topological polar surface area (TPSA) is 59.4 Å². The monoisotopic (exact) mass is 394 g/mol. The number of carbonyl (C=O) groups is 1. The van der Waals surface area contributed by atoms with E-state index in [1.807, 2.05) is 54.8 Å².